The summed E-state index contributed by atoms with van der Waals surface area (Å²) >= 11 is 0. The number of amides is 1. The highest BCUT2D eigenvalue weighted by Crippen LogP contribution is 2.30. The van der Waals surface area contributed by atoms with Crippen molar-refractivity contribution < 1.29 is 19.4 Å². The van der Waals surface area contributed by atoms with Crippen LogP contribution in [0.4, 0.5) is 0 Å². The highest BCUT2D eigenvalue weighted by molar-refractivity contribution is 5.98. The molecule has 0 aliphatic carbocycles. The zero-order valence-corrected chi connectivity index (χ0v) is 9.88. The first-order valence-electron chi connectivity index (χ1n) is 5.17. The van der Waals surface area contributed by atoms with E-state index in [1.165, 1.54) is 25.3 Å². The summed E-state index contributed by atoms with van der Waals surface area (Å²) in [5.74, 6) is -1.51. The number of nitrogens with zero attached hydrogens (tertiary/aromatic N) is 2. The number of aromatic carboxylic acids is 1. The summed E-state index contributed by atoms with van der Waals surface area (Å²) in [5.41, 5.74) is 5.59. The van der Waals surface area contributed by atoms with E-state index in [1.54, 1.807) is 0 Å². The maximum Gasteiger partial charge on any atom is 0.335 e. The predicted octanol–water partition coefficient (Wildman–Crippen LogP) is 0.277. The van der Waals surface area contributed by atoms with Crippen molar-refractivity contribution in [1.82, 2.24) is 15.4 Å². The molecule has 98 valence electrons. The second kappa shape index (κ2) is 4.77. The smallest absolute Gasteiger partial charge is 0.335 e. The first kappa shape index (κ1) is 12.6. The minimum Gasteiger partial charge on any atom is -0.496 e. The molecule has 1 amide bonds. The molecule has 1 aromatic carbocycles. The van der Waals surface area contributed by atoms with Gasteiger partial charge in [-0.2, -0.15) is 15.4 Å². The highest BCUT2D eigenvalue weighted by Gasteiger charge is 2.20. The number of carboxylic acid groups (broad SMARTS) is 1. The van der Waals surface area contributed by atoms with E-state index in [2.05, 4.69) is 15.4 Å². The lowest BCUT2D eigenvalue weighted by molar-refractivity contribution is 0.0696. The number of primary amides is 1. The second-order valence-corrected chi connectivity index (χ2v) is 3.61. The van der Waals surface area contributed by atoms with Crippen molar-refractivity contribution >= 4 is 11.9 Å². The molecule has 0 saturated heterocycles. The number of rotatable bonds is 4. The Morgan fingerprint density at radius 2 is 2.11 bits per heavy atom. The van der Waals surface area contributed by atoms with Gasteiger partial charge in [-0.1, -0.05) is 0 Å². The van der Waals surface area contributed by atoms with Crippen LogP contribution in [0, 0.1) is 0 Å². The Kier molecular flexibility index (Phi) is 3.15. The molecule has 0 bridgehead atoms. The van der Waals surface area contributed by atoms with E-state index in [0.29, 0.717) is 11.3 Å². The van der Waals surface area contributed by atoms with Gasteiger partial charge in [-0.15, -0.1) is 0 Å². The van der Waals surface area contributed by atoms with Crippen molar-refractivity contribution in [3.8, 4) is 17.0 Å². The average molecular weight is 262 g/mol. The fraction of sp³-hybridized carbons (Fsp3) is 0.0909. The molecular formula is C11H10N4O4. The predicted molar refractivity (Wildman–Crippen MR) is 63.8 cm³/mol. The van der Waals surface area contributed by atoms with Gasteiger partial charge in [0.1, 0.15) is 11.4 Å². The number of nitrogens with two attached hydrogens (primary N) is 1. The summed E-state index contributed by atoms with van der Waals surface area (Å²) in [5, 5.41) is 18.7. The lowest BCUT2D eigenvalue weighted by Gasteiger charge is -2.07. The normalized spacial score (nSPS) is 10.2. The van der Waals surface area contributed by atoms with Crippen LogP contribution < -0.4 is 10.5 Å². The SMILES string of the molecule is COc1ccc(C(=O)O)cc1-c1n[nH]nc1C(N)=O. The molecule has 0 unspecified atom stereocenters. The first-order chi connectivity index (χ1) is 9.04. The number of benzene rings is 1. The summed E-state index contributed by atoms with van der Waals surface area (Å²) in [7, 11) is 1.42. The number of H-pyrrole nitrogens is 1. The number of carbonyl (C=O) groups excluding carboxylic acids is 1. The molecule has 0 atom stereocenters. The molecule has 0 aliphatic rings. The Morgan fingerprint density at radius 1 is 1.37 bits per heavy atom. The summed E-state index contributed by atoms with van der Waals surface area (Å²) in [6.07, 6.45) is 0. The maximum absolute atomic E-state index is 11.2. The molecular weight excluding hydrogens is 252 g/mol. The lowest BCUT2D eigenvalue weighted by atomic mass is 10.0. The Labute approximate surface area is 107 Å². The van der Waals surface area contributed by atoms with E-state index in [0.717, 1.165) is 0 Å². The van der Waals surface area contributed by atoms with Crippen molar-refractivity contribution in [3.05, 3.63) is 29.5 Å². The van der Waals surface area contributed by atoms with E-state index < -0.39 is 11.9 Å². The number of carboxylic acids is 1. The molecule has 0 fully saturated rings. The Hall–Kier alpha value is -2.90. The average Bonchev–Trinajstić information content (AvgIpc) is 2.87. The molecule has 1 heterocycles. The van der Waals surface area contributed by atoms with Crippen molar-refractivity contribution in [2.45, 2.75) is 0 Å². The summed E-state index contributed by atoms with van der Waals surface area (Å²) in [4.78, 5) is 22.2. The minimum atomic E-state index is -1.10. The number of nitrogens with one attached hydrogen (secondary N) is 1. The van der Waals surface area contributed by atoms with Gasteiger partial charge in [-0.25, -0.2) is 4.79 Å². The largest absolute Gasteiger partial charge is 0.496 e. The molecule has 0 spiro atoms. The first-order valence-corrected chi connectivity index (χ1v) is 5.17. The van der Waals surface area contributed by atoms with E-state index in [1.807, 2.05) is 0 Å². The number of aromatic amines is 1. The molecule has 2 aromatic rings. The number of ether oxygens (including phenoxy) is 1. The highest BCUT2D eigenvalue weighted by atomic mass is 16.5. The summed E-state index contributed by atoms with van der Waals surface area (Å²) in [6, 6.07) is 4.19. The van der Waals surface area contributed by atoms with Gasteiger partial charge in [0.15, 0.2) is 5.69 Å². The Balaban J connectivity index is 2.65. The molecule has 19 heavy (non-hydrogen) atoms. The summed E-state index contributed by atoms with van der Waals surface area (Å²) in [6.45, 7) is 0. The van der Waals surface area contributed by atoms with E-state index in [4.69, 9.17) is 15.6 Å². The van der Waals surface area contributed by atoms with Crippen LogP contribution in [0.5, 0.6) is 5.75 Å². The molecule has 2 rings (SSSR count). The fourth-order valence-corrected chi connectivity index (χ4v) is 1.62. The molecule has 8 heteroatoms. The van der Waals surface area contributed by atoms with Gasteiger partial charge in [-0.3, -0.25) is 4.79 Å². The molecule has 0 radical (unpaired) electrons. The number of aromatic nitrogens is 3. The van der Waals surface area contributed by atoms with E-state index in [9.17, 15) is 9.59 Å². The quantitative estimate of drug-likeness (QED) is 0.725. The third kappa shape index (κ3) is 2.23. The van der Waals surface area contributed by atoms with Gasteiger partial charge in [0.05, 0.1) is 12.7 Å². The van der Waals surface area contributed by atoms with Gasteiger partial charge >= 0.3 is 5.97 Å². The molecule has 0 aliphatic heterocycles. The minimum absolute atomic E-state index is 0.0363. The fourth-order valence-electron chi connectivity index (χ4n) is 1.62. The number of methoxy groups -OCH3 is 1. The maximum atomic E-state index is 11.2. The van der Waals surface area contributed by atoms with Crippen molar-refractivity contribution in [1.29, 1.82) is 0 Å². The Bertz CT molecular complexity index is 650. The van der Waals surface area contributed by atoms with Crippen LogP contribution in [0.1, 0.15) is 20.8 Å². The molecule has 8 nitrogen and oxygen atoms in total. The van der Waals surface area contributed by atoms with Crippen LogP contribution in [-0.4, -0.2) is 39.5 Å². The van der Waals surface area contributed by atoms with Crippen LogP contribution in [0.15, 0.2) is 18.2 Å². The van der Waals surface area contributed by atoms with Crippen LogP contribution in [0.25, 0.3) is 11.3 Å². The van der Waals surface area contributed by atoms with E-state index >= 15 is 0 Å². The van der Waals surface area contributed by atoms with Gasteiger partial charge in [-0.05, 0) is 18.2 Å². The second-order valence-electron chi connectivity index (χ2n) is 3.61. The lowest BCUT2D eigenvalue weighted by Crippen LogP contribution is -2.13. The standard InChI is InChI=1S/C11H10N4O4/c1-19-7-3-2-5(11(17)18)4-6(7)8-9(10(12)16)14-15-13-8/h2-4H,1H3,(H2,12,16)(H,17,18)(H,13,14,15). The van der Waals surface area contributed by atoms with Crippen LogP contribution >= 0.6 is 0 Å². The van der Waals surface area contributed by atoms with E-state index in [-0.39, 0.29) is 17.0 Å². The van der Waals surface area contributed by atoms with Gasteiger partial charge in [0.2, 0.25) is 0 Å². The third-order valence-electron chi connectivity index (χ3n) is 2.48. The van der Waals surface area contributed by atoms with Crippen molar-refractivity contribution in [2.75, 3.05) is 7.11 Å². The van der Waals surface area contributed by atoms with Crippen LogP contribution in [-0.2, 0) is 0 Å². The number of carbonyl (C=O) groups is 2. The van der Waals surface area contributed by atoms with Crippen molar-refractivity contribution in [3.63, 3.8) is 0 Å². The molecule has 1 aromatic heterocycles. The topological polar surface area (TPSA) is 131 Å². The van der Waals surface area contributed by atoms with Gasteiger partial charge < -0.3 is 15.6 Å². The van der Waals surface area contributed by atoms with Crippen LogP contribution in [0.2, 0.25) is 0 Å². The molecule has 4 N–H and O–H groups in total. The zero-order chi connectivity index (χ0) is 14.0. The summed E-state index contributed by atoms with van der Waals surface area (Å²) < 4.78 is 5.11. The zero-order valence-electron chi connectivity index (χ0n) is 9.88. The monoisotopic (exact) mass is 262 g/mol. The Morgan fingerprint density at radius 3 is 2.68 bits per heavy atom. The third-order valence-corrected chi connectivity index (χ3v) is 2.48. The molecule has 0 saturated carbocycles. The van der Waals surface area contributed by atoms with Crippen molar-refractivity contribution in [2.24, 2.45) is 5.73 Å². The van der Waals surface area contributed by atoms with Crippen LogP contribution in [0.3, 0.4) is 0 Å². The number of hydrogen-bond donors (Lipinski definition) is 3. The number of hydrogen-bond acceptors (Lipinski definition) is 5. The van der Waals surface area contributed by atoms with Gasteiger partial charge in [0.25, 0.3) is 5.91 Å². The van der Waals surface area contributed by atoms with Gasteiger partial charge in [0, 0.05) is 5.56 Å².